The van der Waals surface area contributed by atoms with Gasteiger partial charge in [0, 0.05) is 25.4 Å². The first-order chi connectivity index (χ1) is 12.4. The third kappa shape index (κ3) is 3.90. The number of benzene rings is 1. The van der Waals surface area contributed by atoms with Crippen molar-refractivity contribution in [3.8, 4) is 0 Å². The van der Waals surface area contributed by atoms with Crippen molar-refractivity contribution in [1.29, 1.82) is 0 Å². The van der Waals surface area contributed by atoms with Crippen LogP contribution in [0.2, 0.25) is 5.02 Å². The Labute approximate surface area is 162 Å². The van der Waals surface area contributed by atoms with Gasteiger partial charge in [-0.25, -0.2) is 4.98 Å². The fraction of sp³-hybridized carbons (Fsp3) is 0.389. The van der Waals surface area contributed by atoms with Crippen LogP contribution in [0.4, 0.5) is 5.13 Å². The first-order valence-electron chi connectivity index (χ1n) is 8.38. The third-order valence-corrected chi connectivity index (χ3v) is 5.38. The Hall–Kier alpha value is -1.96. The summed E-state index contributed by atoms with van der Waals surface area (Å²) in [6.07, 6.45) is 2.69. The summed E-state index contributed by atoms with van der Waals surface area (Å²) in [7, 11) is 5.86. The highest BCUT2D eigenvalue weighted by molar-refractivity contribution is 7.22. The predicted octanol–water partition coefficient (Wildman–Crippen LogP) is 3.59. The van der Waals surface area contributed by atoms with Gasteiger partial charge in [0.25, 0.3) is 5.91 Å². The molecule has 6 nitrogen and oxygen atoms in total. The minimum Gasteiger partial charge on any atom is -0.309 e. The third-order valence-electron chi connectivity index (χ3n) is 4.04. The molecule has 0 aliphatic carbocycles. The predicted molar refractivity (Wildman–Crippen MR) is 107 cm³/mol. The summed E-state index contributed by atoms with van der Waals surface area (Å²) in [5.41, 5.74) is 2.05. The Morgan fingerprint density at radius 3 is 2.69 bits per heavy atom. The second kappa shape index (κ2) is 7.73. The molecule has 1 amide bonds. The molecule has 0 spiro atoms. The van der Waals surface area contributed by atoms with Crippen LogP contribution < -0.4 is 4.90 Å². The Morgan fingerprint density at radius 2 is 2.08 bits per heavy atom. The van der Waals surface area contributed by atoms with E-state index in [1.807, 2.05) is 52.5 Å². The van der Waals surface area contributed by atoms with E-state index in [0.717, 1.165) is 28.7 Å². The quantitative estimate of drug-likeness (QED) is 0.644. The fourth-order valence-corrected chi connectivity index (χ4v) is 4.08. The largest absolute Gasteiger partial charge is 0.309 e. The maximum Gasteiger partial charge on any atom is 0.280 e. The van der Waals surface area contributed by atoms with Crippen molar-refractivity contribution in [2.24, 2.45) is 7.05 Å². The van der Waals surface area contributed by atoms with Crippen LogP contribution in [0.15, 0.2) is 24.4 Å². The van der Waals surface area contributed by atoms with Gasteiger partial charge in [0.1, 0.15) is 5.52 Å². The van der Waals surface area contributed by atoms with E-state index in [-0.39, 0.29) is 5.91 Å². The van der Waals surface area contributed by atoms with Gasteiger partial charge in [-0.3, -0.25) is 14.4 Å². The smallest absolute Gasteiger partial charge is 0.280 e. The van der Waals surface area contributed by atoms with E-state index in [1.165, 1.54) is 11.3 Å². The van der Waals surface area contributed by atoms with Gasteiger partial charge in [0.05, 0.1) is 9.72 Å². The second-order valence-electron chi connectivity index (χ2n) is 6.53. The van der Waals surface area contributed by atoms with E-state index in [9.17, 15) is 4.79 Å². The molecule has 138 valence electrons. The number of hydrogen-bond acceptors (Lipinski definition) is 5. The molecule has 0 bridgehead atoms. The summed E-state index contributed by atoms with van der Waals surface area (Å²) in [6, 6.07) is 5.68. The minimum atomic E-state index is -0.128. The number of hydrogen-bond donors (Lipinski definition) is 0. The highest BCUT2D eigenvalue weighted by atomic mass is 35.5. The van der Waals surface area contributed by atoms with Gasteiger partial charge >= 0.3 is 0 Å². The number of anilines is 1. The van der Waals surface area contributed by atoms with Gasteiger partial charge in [-0.15, -0.1) is 0 Å². The number of para-hydroxylation sites is 1. The summed E-state index contributed by atoms with van der Waals surface area (Å²) >= 11 is 7.74. The van der Waals surface area contributed by atoms with Crippen molar-refractivity contribution >= 4 is 44.2 Å². The first-order valence-corrected chi connectivity index (χ1v) is 9.58. The number of carbonyl (C=O) groups excluding carboxylic acids is 1. The standard InChI is InChI=1S/C18H22ClN5OS/c1-12-11-23(4)21-15(12)17(25)24(10-6-9-22(2)3)18-20-16-13(19)7-5-8-14(16)26-18/h5,7-8,11H,6,9-10H2,1-4H3. The minimum absolute atomic E-state index is 0.128. The highest BCUT2D eigenvalue weighted by Crippen LogP contribution is 2.33. The SMILES string of the molecule is Cc1cn(C)nc1C(=O)N(CCCN(C)C)c1nc2c(Cl)cccc2s1. The van der Waals surface area contributed by atoms with E-state index in [1.54, 1.807) is 9.58 Å². The molecule has 26 heavy (non-hydrogen) atoms. The molecule has 8 heteroatoms. The maximum atomic E-state index is 13.2. The molecular weight excluding hydrogens is 370 g/mol. The summed E-state index contributed by atoms with van der Waals surface area (Å²) in [5, 5.41) is 5.59. The van der Waals surface area contributed by atoms with Crippen LogP contribution in [0, 0.1) is 6.92 Å². The molecule has 0 radical (unpaired) electrons. The van der Waals surface area contributed by atoms with Gasteiger partial charge in [-0.2, -0.15) is 5.10 Å². The Balaban J connectivity index is 1.97. The number of halogens is 1. The van der Waals surface area contributed by atoms with Crippen LogP contribution >= 0.6 is 22.9 Å². The van der Waals surface area contributed by atoms with Crippen molar-refractivity contribution in [1.82, 2.24) is 19.7 Å². The van der Waals surface area contributed by atoms with Crippen LogP contribution in [0.1, 0.15) is 22.5 Å². The van der Waals surface area contributed by atoms with E-state index in [4.69, 9.17) is 11.6 Å². The molecule has 3 rings (SSSR count). The van der Waals surface area contributed by atoms with Crippen molar-refractivity contribution < 1.29 is 4.79 Å². The van der Waals surface area contributed by atoms with Gasteiger partial charge < -0.3 is 4.90 Å². The summed E-state index contributed by atoms with van der Waals surface area (Å²) in [6.45, 7) is 3.36. The van der Waals surface area contributed by atoms with Gasteiger partial charge in [0.15, 0.2) is 10.8 Å². The van der Waals surface area contributed by atoms with E-state index in [2.05, 4.69) is 15.0 Å². The fourth-order valence-electron chi connectivity index (χ4n) is 2.79. The molecule has 3 aromatic rings. The summed E-state index contributed by atoms with van der Waals surface area (Å²) < 4.78 is 2.63. The molecule has 0 saturated carbocycles. The van der Waals surface area contributed by atoms with Gasteiger partial charge in [-0.1, -0.05) is 29.0 Å². The number of aromatic nitrogens is 3. The van der Waals surface area contributed by atoms with Crippen LogP contribution in [0.3, 0.4) is 0 Å². The number of carbonyl (C=O) groups is 1. The first kappa shape index (κ1) is 18.8. The number of fused-ring (bicyclic) bond motifs is 1. The van der Waals surface area contributed by atoms with E-state index < -0.39 is 0 Å². The highest BCUT2D eigenvalue weighted by Gasteiger charge is 2.25. The van der Waals surface area contributed by atoms with Crippen molar-refractivity contribution in [3.63, 3.8) is 0 Å². The number of nitrogens with zero attached hydrogens (tertiary/aromatic N) is 5. The number of amides is 1. The lowest BCUT2D eigenvalue weighted by Crippen LogP contribution is -2.34. The Bertz CT molecular complexity index is 933. The second-order valence-corrected chi connectivity index (χ2v) is 7.95. The molecule has 0 unspecified atom stereocenters. The zero-order valence-electron chi connectivity index (χ0n) is 15.4. The van der Waals surface area contributed by atoms with Crippen LogP contribution in [-0.2, 0) is 7.05 Å². The lowest BCUT2D eigenvalue weighted by atomic mass is 10.2. The zero-order chi connectivity index (χ0) is 18.8. The summed E-state index contributed by atoms with van der Waals surface area (Å²) in [5.74, 6) is -0.128. The van der Waals surface area contributed by atoms with Gasteiger partial charge in [0.2, 0.25) is 0 Å². The number of thiazole rings is 1. The Kier molecular flexibility index (Phi) is 5.60. The van der Waals surface area contributed by atoms with E-state index >= 15 is 0 Å². The molecule has 0 saturated heterocycles. The maximum absolute atomic E-state index is 13.2. The molecular formula is C18H22ClN5OS. The average Bonchev–Trinajstić information content (AvgIpc) is 3.14. The molecule has 2 heterocycles. The number of rotatable bonds is 6. The molecule has 0 aliphatic heterocycles. The Morgan fingerprint density at radius 1 is 1.31 bits per heavy atom. The van der Waals surface area contributed by atoms with Crippen LogP contribution in [-0.4, -0.2) is 52.8 Å². The molecule has 1 aromatic carbocycles. The van der Waals surface area contributed by atoms with Crippen molar-refractivity contribution in [2.75, 3.05) is 32.1 Å². The summed E-state index contributed by atoms with van der Waals surface area (Å²) in [4.78, 5) is 21.6. The van der Waals surface area contributed by atoms with Gasteiger partial charge in [-0.05, 0) is 46.1 Å². The lowest BCUT2D eigenvalue weighted by Gasteiger charge is -2.20. The topological polar surface area (TPSA) is 54.3 Å². The molecule has 2 aromatic heterocycles. The average molecular weight is 392 g/mol. The van der Waals surface area contributed by atoms with E-state index in [0.29, 0.717) is 22.4 Å². The molecule has 0 aliphatic rings. The zero-order valence-corrected chi connectivity index (χ0v) is 16.9. The van der Waals surface area contributed by atoms with Crippen molar-refractivity contribution in [2.45, 2.75) is 13.3 Å². The normalized spacial score (nSPS) is 11.5. The molecule has 0 atom stereocenters. The van der Waals surface area contributed by atoms with Crippen LogP contribution in [0.5, 0.6) is 0 Å². The van der Waals surface area contributed by atoms with Crippen molar-refractivity contribution in [3.05, 3.63) is 40.7 Å². The number of aryl methyl sites for hydroxylation is 2. The monoisotopic (exact) mass is 391 g/mol. The lowest BCUT2D eigenvalue weighted by molar-refractivity contribution is 0.0980. The molecule has 0 N–H and O–H groups in total. The molecule has 0 fully saturated rings. The van der Waals surface area contributed by atoms with Crippen LogP contribution in [0.25, 0.3) is 10.2 Å².